The van der Waals surface area contributed by atoms with Gasteiger partial charge in [-0.1, -0.05) is 102 Å². The molecule has 1 aromatic heterocycles. The summed E-state index contributed by atoms with van der Waals surface area (Å²) in [5, 5.41) is 13.1. The van der Waals surface area contributed by atoms with E-state index in [1.54, 1.807) is 0 Å². The Labute approximate surface area is 219 Å². The van der Waals surface area contributed by atoms with Crippen molar-refractivity contribution < 1.29 is 4.79 Å². The molecule has 5 nitrogen and oxygen atoms in total. The van der Waals surface area contributed by atoms with Crippen LogP contribution in [-0.4, -0.2) is 26.4 Å². The van der Waals surface area contributed by atoms with Gasteiger partial charge in [0.2, 0.25) is 5.91 Å². The number of nitrogens with zero attached hydrogens (tertiary/aromatic N) is 3. The molecule has 1 N–H and O–H groups in total. The Morgan fingerprint density at radius 3 is 2.25 bits per heavy atom. The molecule has 36 heavy (non-hydrogen) atoms. The fourth-order valence-electron chi connectivity index (χ4n) is 3.88. The number of carbonyl (C=O) groups is 1. The Bertz CT molecular complexity index is 1500. The van der Waals surface area contributed by atoms with E-state index < -0.39 is 0 Å². The molecule has 0 atom stereocenters. The van der Waals surface area contributed by atoms with Crippen molar-refractivity contribution in [3.63, 3.8) is 0 Å². The normalized spacial score (nSPS) is 10.8. The maximum absolute atomic E-state index is 13.0. The number of aryl methyl sites for hydroxylation is 1. The fraction of sp³-hybridized carbons (Fsp3) is 0.0690. The highest BCUT2D eigenvalue weighted by molar-refractivity contribution is 7.99. The molecule has 0 saturated heterocycles. The van der Waals surface area contributed by atoms with Crippen LogP contribution in [0, 0.1) is 6.92 Å². The standard InChI is InChI=1S/C29H23ClN4OS/c1-20-15-17-22(18-16-20)34-28(24-12-5-7-13-25(24)30)32-33-29(34)36-19-27(35)31-26-14-8-6-11-23(26)21-9-3-2-4-10-21/h2-18H,19H2,1H3,(H,31,35). The summed E-state index contributed by atoms with van der Waals surface area (Å²) in [6.45, 7) is 2.04. The monoisotopic (exact) mass is 510 g/mol. The minimum absolute atomic E-state index is 0.124. The van der Waals surface area contributed by atoms with Crippen molar-refractivity contribution in [1.29, 1.82) is 0 Å². The van der Waals surface area contributed by atoms with Crippen molar-refractivity contribution in [2.45, 2.75) is 12.1 Å². The lowest BCUT2D eigenvalue weighted by atomic mass is 10.0. The summed E-state index contributed by atoms with van der Waals surface area (Å²) in [5.74, 6) is 0.679. The van der Waals surface area contributed by atoms with Crippen molar-refractivity contribution in [2.75, 3.05) is 11.1 Å². The fourth-order valence-corrected chi connectivity index (χ4v) is 4.86. The van der Waals surface area contributed by atoms with Crippen LogP contribution in [0.15, 0.2) is 108 Å². The second-order valence-electron chi connectivity index (χ2n) is 8.21. The molecule has 178 valence electrons. The topological polar surface area (TPSA) is 59.8 Å². The van der Waals surface area contributed by atoms with Crippen LogP contribution in [0.25, 0.3) is 28.2 Å². The Hall–Kier alpha value is -3.87. The first-order valence-electron chi connectivity index (χ1n) is 11.4. The van der Waals surface area contributed by atoms with E-state index in [9.17, 15) is 4.79 Å². The number of carbonyl (C=O) groups excluding carboxylic acids is 1. The molecule has 7 heteroatoms. The van der Waals surface area contributed by atoms with Crippen LogP contribution in [0.2, 0.25) is 5.02 Å². The lowest BCUT2D eigenvalue weighted by Gasteiger charge is -2.13. The van der Waals surface area contributed by atoms with Crippen molar-refractivity contribution >= 4 is 35.0 Å². The third-order valence-electron chi connectivity index (χ3n) is 5.66. The molecule has 0 unspecified atom stereocenters. The van der Waals surface area contributed by atoms with Gasteiger partial charge in [0.15, 0.2) is 11.0 Å². The van der Waals surface area contributed by atoms with Crippen molar-refractivity contribution in [1.82, 2.24) is 14.8 Å². The van der Waals surface area contributed by atoms with E-state index >= 15 is 0 Å². The number of rotatable bonds is 7. The van der Waals surface area contributed by atoms with Gasteiger partial charge in [0.05, 0.1) is 10.8 Å². The van der Waals surface area contributed by atoms with E-state index in [0.717, 1.165) is 33.6 Å². The maximum Gasteiger partial charge on any atom is 0.234 e. The Kier molecular flexibility index (Phi) is 7.16. The molecule has 0 bridgehead atoms. The summed E-state index contributed by atoms with van der Waals surface area (Å²) >= 11 is 7.81. The first-order chi connectivity index (χ1) is 17.6. The molecule has 5 aromatic rings. The van der Waals surface area contributed by atoms with Gasteiger partial charge >= 0.3 is 0 Å². The molecule has 0 spiro atoms. The van der Waals surface area contributed by atoms with Crippen LogP contribution in [0.4, 0.5) is 5.69 Å². The number of benzene rings is 4. The molecule has 5 rings (SSSR count). The zero-order valence-corrected chi connectivity index (χ0v) is 21.1. The number of thioether (sulfide) groups is 1. The number of halogens is 1. The van der Waals surface area contributed by atoms with Crippen molar-refractivity contribution in [3.05, 3.63) is 114 Å². The quantitative estimate of drug-likeness (QED) is 0.233. The van der Waals surface area contributed by atoms with Crippen LogP contribution in [-0.2, 0) is 4.79 Å². The molecular formula is C29H23ClN4OS. The van der Waals surface area contributed by atoms with Gasteiger partial charge in [0, 0.05) is 22.5 Å². The highest BCUT2D eigenvalue weighted by Crippen LogP contribution is 2.32. The summed E-state index contributed by atoms with van der Waals surface area (Å²) in [6.07, 6.45) is 0. The molecule has 0 saturated carbocycles. The SMILES string of the molecule is Cc1ccc(-n2c(SCC(=O)Nc3ccccc3-c3ccccc3)nnc2-c2ccccc2Cl)cc1. The van der Waals surface area contributed by atoms with Gasteiger partial charge in [-0.05, 0) is 42.8 Å². The molecule has 0 radical (unpaired) electrons. The second kappa shape index (κ2) is 10.8. The third kappa shape index (κ3) is 5.20. The van der Waals surface area contributed by atoms with Gasteiger partial charge in [0.1, 0.15) is 0 Å². The van der Waals surface area contributed by atoms with Crippen LogP contribution in [0.1, 0.15) is 5.56 Å². The number of amides is 1. The summed E-state index contributed by atoms with van der Waals surface area (Å²) in [5.41, 5.74) is 5.62. The average Bonchev–Trinajstić information content (AvgIpc) is 3.33. The number of anilines is 1. The molecule has 0 aliphatic rings. The summed E-state index contributed by atoms with van der Waals surface area (Å²) in [6, 6.07) is 33.4. The van der Waals surface area contributed by atoms with E-state index in [1.165, 1.54) is 11.8 Å². The van der Waals surface area contributed by atoms with E-state index in [1.807, 2.05) is 115 Å². The molecule has 1 amide bonds. The highest BCUT2D eigenvalue weighted by Gasteiger charge is 2.19. The van der Waals surface area contributed by atoms with Crippen LogP contribution < -0.4 is 5.32 Å². The number of nitrogens with one attached hydrogen (secondary N) is 1. The van der Waals surface area contributed by atoms with Gasteiger partial charge in [-0.2, -0.15) is 0 Å². The summed E-state index contributed by atoms with van der Waals surface area (Å²) in [7, 11) is 0. The van der Waals surface area contributed by atoms with E-state index in [0.29, 0.717) is 16.0 Å². The largest absolute Gasteiger partial charge is 0.325 e. The predicted octanol–water partition coefficient (Wildman–Crippen LogP) is 7.29. The van der Waals surface area contributed by atoms with Gasteiger partial charge in [0.25, 0.3) is 0 Å². The van der Waals surface area contributed by atoms with Gasteiger partial charge in [-0.25, -0.2) is 0 Å². The second-order valence-corrected chi connectivity index (χ2v) is 9.56. The molecule has 0 aliphatic carbocycles. The van der Waals surface area contributed by atoms with Crippen molar-refractivity contribution in [2.24, 2.45) is 0 Å². The minimum atomic E-state index is -0.124. The molecular weight excluding hydrogens is 488 g/mol. The molecule has 4 aromatic carbocycles. The number of hydrogen-bond donors (Lipinski definition) is 1. The maximum atomic E-state index is 13.0. The zero-order valence-electron chi connectivity index (χ0n) is 19.6. The van der Waals surface area contributed by atoms with Gasteiger partial charge < -0.3 is 5.32 Å². The highest BCUT2D eigenvalue weighted by atomic mass is 35.5. The van der Waals surface area contributed by atoms with Crippen LogP contribution >= 0.6 is 23.4 Å². The van der Waals surface area contributed by atoms with Crippen molar-refractivity contribution in [3.8, 4) is 28.2 Å². The number of para-hydroxylation sites is 1. The average molecular weight is 511 g/mol. The molecule has 0 aliphatic heterocycles. The van der Waals surface area contributed by atoms with Gasteiger partial charge in [-0.15, -0.1) is 10.2 Å². The van der Waals surface area contributed by atoms with E-state index in [4.69, 9.17) is 11.6 Å². The summed E-state index contributed by atoms with van der Waals surface area (Å²) < 4.78 is 1.94. The minimum Gasteiger partial charge on any atom is -0.325 e. The molecule has 1 heterocycles. The lowest BCUT2D eigenvalue weighted by Crippen LogP contribution is -2.15. The van der Waals surface area contributed by atoms with Crippen LogP contribution in [0.5, 0.6) is 0 Å². The zero-order chi connectivity index (χ0) is 24.9. The van der Waals surface area contributed by atoms with E-state index in [-0.39, 0.29) is 11.7 Å². The lowest BCUT2D eigenvalue weighted by molar-refractivity contribution is -0.113. The van der Waals surface area contributed by atoms with E-state index in [2.05, 4.69) is 15.5 Å². The molecule has 0 fully saturated rings. The predicted molar refractivity (Wildman–Crippen MR) is 148 cm³/mol. The number of aromatic nitrogens is 3. The Morgan fingerprint density at radius 2 is 1.50 bits per heavy atom. The van der Waals surface area contributed by atoms with Gasteiger partial charge in [-0.3, -0.25) is 9.36 Å². The first kappa shape index (κ1) is 23.9. The third-order valence-corrected chi connectivity index (χ3v) is 6.92. The Morgan fingerprint density at radius 1 is 0.833 bits per heavy atom. The Balaban J connectivity index is 1.40. The summed E-state index contributed by atoms with van der Waals surface area (Å²) in [4.78, 5) is 13.0. The number of hydrogen-bond acceptors (Lipinski definition) is 4. The smallest absolute Gasteiger partial charge is 0.234 e. The van der Waals surface area contributed by atoms with Crippen LogP contribution in [0.3, 0.4) is 0 Å². The first-order valence-corrected chi connectivity index (χ1v) is 12.8.